The molecule has 23 heavy (non-hydrogen) atoms. The third-order valence-corrected chi connectivity index (χ3v) is 5.50. The average Bonchev–Trinajstić information content (AvgIpc) is 2.58. The van der Waals surface area contributed by atoms with E-state index in [1.807, 2.05) is 23.1 Å². The number of pyridine rings is 1. The number of hydrogen-bond acceptors (Lipinski definition) is 3. The second-order valence-electron chi connectivity index (χ2n) is 6.37. The Morgan fingerprint density at radius 3 is 3.00 bits per heavy atom. The minimum atomic E-state index is 0.249. The zero-order valence-corrected chi connectivity index (χ0v) is 14.7. The van der Waals surface area contributed by atoms with E-state index in [1.54, 1.807) is 11.8 Å². The Morgan fingerprint density at radius 1 is 1.39 bits per heavy atom. The molecule has 1 amide bonds. The summed E-state index contributed by atoms with van der Waals surface area (Å²) in [6, 6.07) is 10.4. The molecule has 0 saturated carbocycles. The zero-order chi connectivity index (χ0) is 16.2. The summed E-state index contributed by atoms with van der Waals surface area (Å²) in [5.41, 5.74) is 2.24. The number of piperidine rings is 1. The lowest BCUT2D eigenvalue weighted by atomic mass is 10.0. The number of fused-ring (bicyclic) bond motifs is 1. The van der Waals surface area contributed by atoms with Gasteiger partial charge in [0.2, 0.25) is 5.91 Å². The molecule has 1 unspecified atom stereocenters. The van der Waals surface area contributed by atoms with Crippen LogP contribution in [0.1, 0.15) is 32.3 Å². The normalized spacial score (nSPS) is 18.3. The maximum Gasteiger partial charge on any atom is 0.232 e. The van der Waals surface area contributed by atoms with Crippen molar-refractivity contribution in [1.29, 1.82) is 0 Å². The maximum atomic E-state index is 12.5. The number of likely N-dealkylation sites (tertiary alicyclic amines) is 1. The van der Waals surface area contributed by atoms with Crippen LogP contribution in [-0.4, -0.2) is 34.6 Å². The summed E-state index contributed by atoms with van der Waals surface area (Å²) in [5.74, 6) is 1.37. The monoisotopic (exact) mass is 328 g/mol. The number of thioether (sulfide) groups is 1. The number of para-hydroxylation sites is 1. The highest BCUT2D eigenvalue weighted by Gasteiger charge is 2.21. The van der Waals surface area contributed by atoms with Crippen molar-refractivity contribution in [2.75, 3.05) is 18.8 Å². The molecule has 1 aromatic heterocycles. The summed E-state index contributed by atoms with van der Waals surface area (Å²) in [4.78, 5) is 19.2. The fourth-order valence-corrected chi connectivity index (χ4v) is 4.15. The zero-order valence-electron chi connectivity index (χ0n) is 13.9. The number of nitrogens with zero attached hydrogens (tertiary/aromatic N) is 2. The standard InChI is InChI=1S/C19H24N2OS/c1-3-15-11-16-8-4-5-9-17(16)20-19(15)23-13-18(22)21-10-6-7-14(2)12-21/h4-5,8-9,11,14H,3,6-7,10,12-13H2,1-2H3. The lowest BCUT2D eigenvalue weighted by Gasteiger charge is -2.30. The van der Waals surface area contributed by atoms with Crippen LogP contribution in [0.3, 0.4) is 0 Å². The first-order valence-corrected chi connectivity index (χ1v) is 9.45. The highest BCUT2D eigenvalue weighted by molar-refractivity contribution is 7.99. The van der Waals surface area contributed by atoms with Crippen LogP contribution in [0, 0.1) is 5.92 Å². The van der Waals surface area contributed by atoms with Crippen LogP contribution < -0.4 is 0 Å². The third kappa shape index (κ3) is 3.86. The molecule has 3 rings (SSSR count). The van der Waals surface area contributed by atoms with Gasteiger partial charge in [0.15, 0.2) is 0 Å². The molecule has 0 radical (unpaired) electrons. The number of amides is 1. The predicted molar refractivity (Wildman–Crippen MR) is 96.8 cm³/mol. The van der Waals surface area contributed by atoms with Crippen LogP contribution in [0.5, 0.6) is 0 Å². The molecule has 0 spiro atoms. The van der Waals surface area contributed by atoms with Gasteiger partial charge in [-0.15, -0.1) is 0 Å². The molecule has 2 heterocycles. The molecule has 1 aromatic carbocycles. The van der Waals surface area contributed by atoms with Gasteiger partial charge in [-0.25, -0.2) is 4.98 Å². The van der Waals surface area contributed by atoms with Crippen molar-refractivity contribution < 1.29 is 4.79 Å². The first kappa shape index (κ1) is 16.3. The molecule has 2 aromatic rings. The van der Waals surface area contributed by atoms with Gasteiger partial charge >= 0.3 is 0 Å². The van der Waals surface area contributed by atoms with Gasteiger partial charge in [0.05, 0.1) is 11.3 Å². The van der Waals surface area contributed by atoms with Gasteiger partial charge in [0, 0.05) is 18.5 Å². The van der Waals surface area contributed by atoms with Crippen LogP contribution in [0.4, 0.5) is 0 Å². The highest BCUT2D eigenvalue weighted by Crippen LogP contribution is 2.26. The van der Waals surface area contributed by atoms with Crippen molar-refractivity contribution in [3.63, 3.8) is 0 Å². The summed E-state index contributed by atoms with van der Waals surface area (Å²) in [5, 5.41) is 2.18. The van der Waals surface area contributed by atoms with Crippen molar-refractivity contribution in [3.05, 3.63) is 35.9 Å². The molecule has 1 atom stereocenters. The molecule has 0 N–H and O–H groups in total. The third-order valence-electron chi connectivity index (χ3n) is 4.49. The van der Waals surface area contributed by atoms with Gasteiger partial charge in [-0.05, 0) is 42.9 Å². The van der Waals surface area contributed by atoms with E-state index in [9.17, 15) is 4.79 Å². The van der Waals surface area contributed by atoms with Crippen molar-refractivity contribution in [1.82, 2.24) is 9.88 Å². The number of carbonyl (C=O) groups is 1. The molecule has 0 bridgehead atoms. The quantitative estimate of drug-likeness (QED) is 0.791. The number of aromatic nitrogens is 1. The fourth-order valence-electron chi connectivity index (χ4n) is 3.16. The number of rotatable bonds is 4. The lowest BCUT2D eigenvalue weighted by Crippen LogP contribution is -2.40. The van der Waals surface area contributed by atoms with Gasteiger partial charge in [-0.3, -0.25) is 4.79 Å². The first-order chi connectivity index (χ1) is 11.2. The summed E-state index contributed by atoms with van der Waals surface area (Å²) in [7, 11) is 0. The number of carbonyl (C=O) groups excluding carboxylic acids is 1. The maximum absolute atomic E-state index is 12.5. The van der Waals surface area contributed by atoms with Crippen LogP contribution in [0.25, 0.3) is 10.9 Å². The Balaban J connectivity index is 1.72. The molecule has 1 saturated heterocycles. The van der Waals surface area contributed by atoms with E-state index in [-0.39, 0.29) is 5.91 Å². The van der Waals surface area contributed by atoms with E-state index in [4.69, 9.17) is 4.98 Å². The molecule has 0 aliphatic carbocycles. The van der Waals surface area contributed by atoms with Gasteiger partial charge < -0.3 is 4.90 Å². The van der Waals surface area contributed by atoms with Crippen LogP contribution in [0.2, 0.25) is 0 Å². The second kappa shape index (κ2) is 7.35. The Hall–Kier alpha value is -1.55. The first-order valence-electron chi connectivity index (χ1n) is 8.46. The molecule has 3 nitrogen and oxygen atoms in total. The fraction of sp³-hybridized carbons (Fsp3) is 0.474. The van der Waals surface area contributed by atoms with Crippen molar-refractivity contribution >= 4 is 28.6 Å². The second-order valence-corrected chi connectivity index (χ2v) is 7.34. The summed E-state index contributed by atoms with van der Waals surface area (Å²) >= 11 is 1.59. The van der Waals surface area contributed by atoms with E-state index in [0.29, 0.717) is 11.7 Å². The predicted octanol–water partition coefficient (Wildman–Crippen LogP) is 4.15. The van der Waals surface area contributed by atoms with E-state index in [0.717, 1.165) is 36.5 Å². The Labute approximate surface area is 142 Å². The molecule has 4 heteroatoms. The highest BCUT2D eigenvalue weighted by atomic mass is 32.2. The van der Waals surface area contributed by atoms with Crippen LogP contribution in [0.15, 0.2) is 35.4 Å². The topological polar surface area (TPSA) is 33.2 Å². The Bertz CT molecular complexity index is 701. The van der Waals surface area contributed by atoms with Crippen LogP contribution in [-0.2, 0) is 11.2 Å². The van der Waals surface area contributed by atoms with Crippen molar-refractivity contribution in [2.45, 2.75) is 38.1 Å². The molecule has 122 valence electrons. The lowest BCUT2D eigenvalue weighted by molar-refractivity contribution is -0.130. The minimum absolute atomic E-state index is 0.249. The smallest absolute Gasteiger partial charge is 0.232 e. The van der Waals surface area contributed by atoms with Crippen LogP contribution >= 0.6 is 11.8 Å². The molecule has 1 aliphatic heterocycles. The number of aryl methyl sites for hydroxylation is 1. The van der Waals surface area contributed by atoms with E-state index >= 15 is 0 Å². The summed E-state index contributed by atoms with van der Waals surface area (Å²) in [6.07, 6.45) is 3.31. The average molecular weight is 328 g/mol. The minimum Gasteiger partial charge on any atom is -0.342 e. The Kier molecular flexibility index (Phi) is 5.21. The SMILES string of the molecule is CCc1cc2ccccc2nc1SCC(=O)N1CCCC(C)C1. The number of hydrogen-bond donors (Lipinski definition) is 0. The van der Waals surface area contributed by atoms with Gasteiger partial charge in [-0.2, -0.15) is 0 Å². The summed E-state index contributed by atoms with van der Waals surface area (Å²) < 4.78 is 0. The summed E-state index contributed by atoms with van der Waals surface area (Å²) in [6.45, 7) is 6.19. The van der Waals surface area contributed by atoms with E-state index in [2.05, 4.69) is 26.0 Å². The van der Waals surface area contributed by atoms with Gasteiger partial charge in [-0.1, -0.05) is 43.8 Å². The van der Waals surface area contributed by atoms with E-state index in [1.165, 1.54) is 17.4 Å². The molecule has 1 aliphatic rings. The van der Waals surface area contributed by atoms with Crippen molar-refractivity contribution in [3.8, 4) is 0 Å². The van der Waals surface area contributed by atoms with Crippen molar-refractivity contribution in [2.24, 2.45) is 5.92 Å². The molecule has 1 fully saturated rings. The largest absolute Gasteiger partial charge is 0.342 e. The number of benzene rings is 1. The molecular formula is C19H24N2OS. The molecular weight excluding hydrogens is 304 g/mol. The Morgan fingerprint density at radius 2 is 2.22 bits per heavy atom. The van der Waals surface area contributed by atoms with E-state index < -0.39 is 0 Å². The van der Waals surface area contributed by atoms with Gasteiger partial charge in [0.25, 0.3) is 0 Å². The van der Waals surface area contributed by atoms with Gasteiger partial charge in [0.1, 0.15) is 5.03 Å².